The lowest BCUT2D eigenvalue weighted by atomic mass is 10.0. The van der Waals surface area contributed by atoms with Crippen LogP contribution in [0.3, 0.4) is 0 Å². The first kappa shape index (κ1) is 19.7. The van der Waals surface area contributed by atoms with Crippen molar-refractivity contribution < 1.29 is 9.18 Å². The predicted octanol–water partition coefficient (Wildman–Crippen LogP) is 6.45. The Kier molecular flexibility index (Phi) is 5.40. The second kappa shape index (κ2) is 8.49. The molecule has 0 spiro atoms. The Morgan fingerprint density at radius 3 is 2.58 bits per heavy atom. The number of nitrogens with zero attached hydrogens (tertiary/aromatic N) is 1. The van der Waals surface area contributed by atoms with Crippen molar-refractivity contribution in [3.63, 3.8) is 0 Å². The van der Waals surface area contributed by atoms with Crippen molar-refractivity contribution in [2.45, 2.75) is 16.3 Å². The van der Waals surface area contributed by atoms with E-state index in [1.807, 2.05) is 53.9 Å². The van der Waals surface area contributed by atoms with Gasteiger partial charge in [-0.2, -0.15) is 0 Å². The molecule has 0 aliphatic carbocycles. The van der Waals surface area contributed by atoms with Crippen LogP contribution >= 0.6 is 23.1 Å². The topological polar surface area (TPSA) is 41.5 Å². The third kappa shape index (κ3) is 4.17. The lowest BCUT2D eigenvalue weighted by Crippen LogP contribution is -2.22. The molecule has 0 saturated heterocycles. The fourth-order valence-electron chi connectivity index (χ4n) is 3.39. The highest BCUT2D eigenvalue weighted by Crippen LogP contribution is 2.41. The molecule has 3 nitrogen and oxygen atoms in total. The van der Waals surface area contributed by atoms with Gasteiger partial charge in [0.2, 0.25) is 0 Å². The molecule has 1 N–H and O–H groups in total. The Labute approximate surface area is 187 Å². The maximum absolute atomic E-state index is 13.5. The maximum Gasteiger partial charge on any atom is 0.251 e. The number of halogens is 1. The molecule has 0 bridgehead atoms. The fourth-order valence-corrected chi connectivity index (χ4v) is 5.04. The van der Waals surface area contributed by atoms with Crippen LogP contribution < -0.4 is 5.32 Å². The molecule has 0 unspecified atom stereocenters. The Hall–Kier alpha value is -3.22. The quantitative estimate of drug-likeness (QED) is 0.346. The first-order chi connectivity index (χ1) is 15.2. The number of amides is 1. The van der Waals surface area contributed by atoms with Crippen LogP contribution in [0.25, 0.3) is 0 Å². The van der Waals surface area contributed by atoms with E-state index in [1.165, 1.54) is 12.1 Å². The molecule has 1 aliphatic rings. The standard InChI is InChI=1S/C25H17FN2OS2/c26-18-10-7-16(8-11-18)24-20-5-1-2-6-22(20)31-23-12-9-17(14-21(23)28-24)25(29)27-15-19-4-3-13-30-19/h1-14H,15H2,(H,27,29). The smallest absolute Gasteiger partial charge is 0.251 e. The molecular weight excluding hydrogens is 427 g/mol. The molecule has 152 valence electrons. The second-order valence-electron chi connectivity index (χ2n) is 7.01. The summed E-state index contributed by atoms with van der Waals surface area (Å²) >= 11 is 3.23. The van der Waals surface area contributed by atoms with Crippen LogP contribution in [0.1, 0.15) is 26.4 Å². The van der Waals surface area contributed by atoms with Gasteiger partial charge in [0.05, 0.1) is 17.9 Å². The van der Waals surface area contributed by atoms with Crippen molar-refractivity contribution >= 4 is 40.4 Å². The zero-order valence-corrected chi connectivity index (χ0v) is 18.0. The first-order valence-corrected chi connectivity index (χ1v) is 11.4. The number of thiophene rings is 1. The van der Waals surface area contributed by atoms with E-state index in [9.17, 15) is 9.18 Å². The van der Waals surface area contributed by atoms with E-state index < -0.39 is 0 Å². The molecule has 0 saturated carbocycles. The van der Waals surface area contributed by atoms with E-state index in [1.54, 1.807) is 35.2 Å². The number of hydrogen-bond acceptors (Lipinski definition) is 4. The molecule has 0 fully saturated rings. The number of hydrogen-bond donors (Lipinski definition) is 1. The van der Waals surface area contributed by atoms with Gasteiger partial charge < -0.3 is 5.32 Å². The molecule has 31 heavy (non-hydrogen) atoms. The average Bonchev–Trinajstić information content (AvgIpc) is 3.26. The van der Waals surface area contributed by atoms with Crippen LogP contribution in [0.5, 0.6) is 0 Å². The van der Waals surface area contributed by atoms with Crippen molar-refractivity contribution in [3.05, 3.63) is 112 Å². The average molecular weight is 445 g/mol. The van der Waals surface area contributed by atoms with E-state index >= 15 is 0 Å². The summed E-state index contributed by atoms with van der Waals surface area (Å²) < 4.78 is 13.5. The number of rotatable bonds is 4. The molecule has 0 atom stereocenters. The van der Waals surface area contributed by atoms with Crippen molar-refractivity contribution in [2.75, 3.05) is 0 Å². The second-order valence-corrected chi connectivity index (χ2v) is 9.13. The minimum absolute atomic E-state index is 0.138. The third-order valence-corrected chi connectivity index (χ3v) is 6.95. The van der Waals surface area contributed by atoms with Gasteiger partial charge in [0, 0.05) is 31.4 Å². The van der Waals surface area contributed by atoms with Gasteiger partial charge in [0.1, 0.15) is 5.82 Å². The Morgan fingerprint density at radius 2 is 1.77 bits per heavy atom. The van der Waals surface area contributed by atoms with Gasteiger partial charge >= 0.3 is 0 Å². The van der Waals surface area contributed by atoms with Gasteiger partial charge in [-0.1, -0.05) is 36.0 Å². The Balaban J connectivity index is 1.53. The van der Waals surface area contributed by atoms with Gasteiger partial charge in [-0.25, -0.2) is 9.38 Å². The van der Waals surface area contributed by atoms with Gasteiger partial charge in [-0.05, 0) is 60.0 Å². The lowest BCUT2D eigenvalue weighted by Gasteiger charge is -2.08. The Morgan fingerprint density at radius 1 is 0.935 bits per heavy atom. The minimum Gasteiger partial charge on any atom is -0.347 e. The highest BCUT2D eigenvalue weighted by molar-refractivity contribution is 7.99. The van der Waals surface area contributed by atoms with E-state index in [2.05, 4.69) is 11.4 Å². The van der Waals surface area contributed by atoms with Crippen LogP contribution in [-0.2, 0) is 6.54 Å². The SMILES string of the molecule is O=C(NCc1cccs1)c1ccc2c(c1)N=C(c1ccc(F)cc1)c1ccccc1S2. The highest BCUT2D eigenvalue weighted by Gasteiger charge is 2.20. The summed E-state index contributed by atoms with van der Waals surface area (Å²) in [5, 5.41) is 4.96. The van der Waals surface area contributed by atoms with E-state index in [0.29, 0.717) is 12.1 Å². The molecule has 1 aromatic heterocycles. The number of carbonyl (C=O) groups is 1. The highest BCUT2D eigenvalue weighted by atomic mass is 32.2. The fraction of sp³-hybridized carbons (Fsp3) is 0.0400. The van der Waals surface area contributed by atoms with Gasteiger partial charge in [-0.3, -0.25) is 4.79 Å². The molecule has 6 heteroatoms. The molecule has 1 aliphatic heterocycles. The summed E-state index contributed by atoms with van der Waals surface area (Å²) in [7, 11) is 0. The summed E-state index contributed by atoms with van der Waals surface area (Å²) in [5.74, 6) is -0.424. The van der Waals surface area contributed by atoms with Gasteiger partial charge in [0.25, 0.3) is 5.91 Å². The van der Waals surface area contributed by atoms with Gasteiger partial charge in [0.15, 0.2) is 0 Å². The maximum atomic E-state index is 13.5. The monoisotopic (exact) mass is 444 g/mol. The number of carbonyl (C=O) groups excluding carboxylic acids is 1. The zero-order valence-electron chi connectivity index (χ0n) is 16.3. The summed E-state index contributed by atoms with van der Waals surface area (Å²) in [6.07, 6.45) is 0. The molecule has 5 rings (SSSR count). The predicted molar refractivity (Wildman–Crippen MR) is 124 cm³/mol. The summed E-state index contributed by atoms with van der Waals surface area (Å²) in [4.78, 5) is 20.8. The number of benzene rings is 3. The number of fused-ring (bicyclic) bond motifs is 2. The van der Waals surface area contributed by atoms with Crippen molar-refractivity contribution in [1.82, 2.24) is 5.32 Å². The Bertz CT molecular complexity index is 1280. The van der Waals surface area contributed by atoms with E-state index in [4.69, 9.17) is 4.99 Å². The largest absolute Gasteiger partial charge is 0.347 e. The number of aliphatic imine (C=N–C) groups is 1. The molecule has 1 amide bonds. The van der Waals surface area contributed by atoms with Crippen molar-refractivity contribution in [1.29, 1.82) is 0 Å². The third-order valence-electron chi connectivity index (χ3n) is 4.94. The molecule has 2 heterocycles. The summed E-state index contributed by atoms with van der Waals surface area (Å²) in [6, 6.07) is 23.9. The first-order valence-electron chi connectivity index (χ1n) is 9.74. The van der Waals surface area contributed by atoms with Crippen LogP contribution in [0, 0.1) is 5.82 Å². The van der Waals surface area contributed by atoms with Crippen LogP contribution in [0.2, 0.25) is 0 Å². The van der Waals surface area contributed by atoms with Gasteiger partial charge in [-0.15, -0.1) is 11.3 Å². The van der Waals surface area contributed by atoms with Crippen LogP contribution in [0.15, 0.2) is 99.0 Å². The van der Waals surface area contributed by atoms with E-state index in [0.717, 1.165) is 37.2 Å². The molecule has 0 radical (unpaired) electrons. The van der Waals surface area contributed by atoms with Crippen LogP contribution in [0.4, 0.5) is 10.1 Å². The molecular formula is C25H17FN2OS2. The van der Waals surface area contributed by atoms with E-state index in [-0.39, 0.29) is 11.7 Å². The number of nitrogens with one attached hydrogen (secondary N) is 1. The molecule has 3 aromatic carbocycles. The normalized spacial score (nSPS) is 12.4. The lowest BCUT2D eigenvalue weighted by molar-refractivity contribution is 0.0951. The zero-order chi connectivity index (χ0) is 21.2. The summed E-state index contributed by atoms with van der Waals surface area (Å²) in [5.41, 5.74) is 3.86. The minimum atomic E-state index is -0.286. The molecule has 4 aromatic rings. The summed E-state index contributed by atoms with van der Waals surface area (Å²) in [6.45, 7) is 0.498. The van der Waals surface area contributed by atoms with Crippen molar-refractivity contribution in [2.24, 2.45) is 4.99 Å². The van der Waals surface area contributed by atoms with Crippen LogP contribution in [-0.4, -0.2) is 11.6 Å². The van der Waals surface area contributed by atoms with Crippen molar-refractivity contribution in [3.8, 4) is 0 Å².